The number of carbonyl (C=O) groups is 1. The summed E-state index contributed by atoms with van der Waals surface area (Å²) < 4.78 is 0. The second-order valence-corrected chi connectivity index (χ2v) is 0.327. The second-order valence-electron chi connectivity index (χ2n) is 0.327. The van der Waals surface area contributed by atoms with Crippen molar-refractivity contribution in [3.63, 3.8) is 0 Å². The summed E-state index contributed by atoms with van der Waals surface area (Å²) in [6.45, 7) is 0. The van der Waals surface area contributed by atoms with E-state index >= 15 is 0 Å². The number of hydrogen-bond donors (Lipinski definition) is 2. The summed E-state index contributed by atoms with van der Waals surface area (Å²) >= 11 is 0. The van der Waals surface area contributed by atoms with E-state index < -0.39 is 0 Å². The van der Waals surface area contributed by atoms with Crippen molar-refractivity contribution in [1.82, 2.24) is 5.48 Å². The monoisotopic (exact) mass is 77.0 g/mol. The van der Waals surface area contributed by atoms with E-state index in [0.717, 1.165) is 0 Å². The molecule has 0 saturated carbocycles. The summed E-state index contributed by atoms with van der Waals surface area (Å²) in [5.41, 5.74) is 1.49. The Labute approximate surface area is 28.2 Å². The molecule has 4 heteroatoms. The van der Waals surface area contributed by atoms with Crippen LogP contribution in [0.4, 0.5) is 0 Å². The molecule has 0 bridgehead atoms. The third-order valence-corrected chi connectivity index (χ3v) is 0.101. The molecule has 0 aliphatic heterocycles. The van der Waals surface area contributed by atoms with Gasteiger partial charge in [0.25, 0.3) is 0 Å². The van der Waals surface area contributed by atoms with Gasteiger partial charge in [0.1, 0.15) is 0 Å². The molecule has 0 saturated heterocycles. The molecule has 0 atom stereocenters. The van der Waals surface area contributed by atoms with Crippen LogP contribution in [0.3, 0.4) is 0 Å². The molecule has 0 aromatic heterocycles. The SMILES string of the molecule is O=CNOO. The normalized spacial score (nSPS) is 6.60. The van der Waals surface area contributed by atoms with Crippen LogP contribution in [0.2, 0.25) is 0 Å². The van der Waals surface area contributed by atoms with Crippen LogP contribution in [0.5, 0.6) is 0 Å². The van der Waals surface area contributed by atoms with Gasteiger partial charge in [-0.1, -0.05) is 0 Å². The highest BCUT2D eigenvalue weighted by Gasteiger charge is 1.59. The van der Waals surface area contributed by atoms with Crippen molar-refractivity contribution < 1.29 is 15.0 Å². The van der Waals surface area contributed by atoms with Crippen molar-refractivity contribution in [2.24, 2.45) is 0 Å². The Morgan fingerprint density at radius 1 is 2.00 bits per heavy atom. The molecule has 30 valence electrons. The molecule has 0 rings (SSSR count). The van der Waals surface area contributed by atoms with Crippen molar-refractivity contribution >= 4 is 6.41 Å². The molecule has 0 aromatic rings. The molecule has 0 aliphatic rings. The molecule has 0 spiro atoms. The second kappa shape index (κ2) is 3.39. The first-order valence-corrected chi connectivity index (χ1v) is 0.911. The zero-order chi connectivity index (χ0) is 4.12. The summed E-state index contributed by atoms with van der Waals surface area (Å²) in [4.78, 5) is 12.1. The quantitative estimate of drug-likeness (QED) is 0.256. The molecule has 0 aliphatic carbocycles. The lowest BCUT2D eigenvalue weighted by molar-refractivity contribution is -0.281. The van der Waals surface area contributed by atoms with Crippen LogP contribution in [0, 0.1) is 0 Å². The fourth-order valence-electron chi connectivity index (χ4n) is 0.0215. The molecule has 0 fully saturated rings. The molecule has 0 aromatic carbocycles. The lowest BCUT2D eigenvalue weighted by Crippen LogP contribution is -2.06. The minimum atomic E-state index is 0.208. The van der Waals surface area contributed by atoms with Crippen molar-refractivity contribution in [1.29, 1.82) is 0 Å². The van der Waals surface area contributed by atoms with Crippen LogP contribution >= 0.6 is 0 Å². The van der Waals surface area contributed by atoms with E-state index in [1.807, 2.05) is 0 Å². The van der Waals surface area contributed by atoms with E-state index in [-0.39, 0.29) is 6.41 Å². The predicted molar refractivity (Wildman–Crippen MR) is 12.9 cm³/mol. The van der Waals surface area contributed by atoms with E-state index in [2.05, 4.69) is 4.99 Å². The molecular formula is CH3NO3. The van der Waals surface area contributed by atoms with Crippen LogP contribution < -0.4 is 5.48 Å². The Morgan fingerprint density at radius 3 is 2.60 bits per heavy atom. The van der Waals surface area contributed by atoms with E-state index in [1.54, 1.807) is 0 Å². The first kappa shape index (κ1) is 4.39. The Morgan fingerprint density at radius 2 is 2.60 bits per heavy atom. The van der Waals surface area contributed by atoms with E-state index in [4.69, 9.17) is 10.1 Å². The minimum absolute atomic E-state index is 0.208. The number of carbonyl (C=O) groups excluding carboxylic acids is 1. The summed E-state index contributed by atoms with van der Waals surface area (Å²) in [6, 6.07) is 0. The number of hydroxylamine groups is 1. The van der Waals surface area contributed by atoms with Crippen molar-refractivity contribution in [2.75, 3.05) is 0 Å². The van der Waals surface area contributed by atoms with Gasteiger partial charge in [0.05, 0.1) is 0 Å². The minimum Gasteiger partial charge on any atom is -0.277 e. The van der Waals surface area contributed by atoms with Crippen LogP contribution in [0.15, 0.2) is 0 Å². The van der Waals surface area contributed by atoms with Gasteiger partial charge in [-0.05, 0) is 0 Å². The van der Waals surface area contributed by atoms with E-state index in [1.165, 1.54) is 5.48 Å². The Bertz CT molecular complexity index is 28.1. The maximum atomic E-state index is 9.01. The summed E-state index contributed by atoms with van der Waals surface area (Å²) in [5.74, 6) is 0. The maximum Gasteiger partial charge on any atom is 0.233 e. The van der Waals surface area contributed by atoms with Gasteiger partial charge in [0.2, 0.25) is 6.41 Å². The van der Waals surface area contributed by atoms with Crippen molar-refractivity contribution in [3.05, 3.63) is 0 Å². The summed E-state index contributed by atoms with van der Waals surface area (Å²) in [6.07, 6.45) is 0.208. The van der Waals surface area contributed by atoms with E-state index in [0.29, 0.717) is 0 Å². The molecular weight excluding hydrogens is 74.0 g/mol. The molecule has 0 unspecified atom stereocenters. The lowest BCUT2D eigenvalue weighted by atomic mass is 11.5. The largest absolute Gasteiger partial charge is 0.277 e. The highest BCUT2D eigenvalue weighted by atomic mass is 17.2. The van der Waals surface area contributed by atoms with Gasteiger partial charge in [0, 0.05) is 0 Å². The summed E-state index contributed by atoms with van der Waals surface area (Å²) in [5, 5.41) is 7.22. The lowest BCUT2D eigenvalue weighted by Gasteiger charge is -1.78. The highest BCUT2D eigenvalue weighted by Crippen LogP contribution is 1.34. The zero-order valence-corrected chi connectivity index (χ0v) is 2.34. The molecule has 1 amide bonds. The average Bonchev–Trinajstić information content (AvgIpc) is 1.41. The zero-order valence-electron chi connectivity index (χ0n) is 2.34. The van der Waals surface area contributed by atoms with Gasteiger partial charge in [-0.25, -0.2) is 10.7 Å². The van der Waals surface area contributed by atoms with Gasteiger partial charge in [-0.2, -0.15) is 0 Å². The number of amides is 1. The van der Waals surface area contributed by atoms with Crippen molar-refractivity contribution in [2.45, 2.75) is 0 Å². The van der Waals surface area contributed by atoms with Crippen LogP contribution in [-0.4, -0.2) is 11.7 Å². The predicted octanol–water partition coefficient (Wildman–Crippen LogP) is -0.863. The maximum absolute atomic E-state index is 9.01. The smallest absolute Gasteiger partial charge is 0.233 e. The van der Waals surface area contributed by atoms with Crippen LogP contribution in [-0.2, 0) is 9.78 Å². The van der Waals surface area contributed by atoms with Gasteiger partial charge in [-0.3, -0.25) is 4.79 Å². The third-order valence-electron chi connectivity index (χ3n) is 0.101. The average molecular weight is 77.0 g/mol. The van der Waals surface area contributed by atoms with Gasteiger partial charge < -0.3 is 0 Å². The van der Waals surface area contributed by atoms with Gasteiger partial charge in [0.15, 0.2) is 0 Å². The van der Waals surface area contributed by atoms with E-state index in [9.17, 15) is 0 Å². The topological polar surface area (TPSA) is 58.6 Å². The Kier molecular flexibility index (Phi) is 2.98. The van der Waals surface area contributed by atoms with Crippen LogP contribution in [0.25, 0.3) is 0 Å². The highest BCUT2D eigenvalue weighted by molar-refractivity contribution is 5.43. The number of hydrogen-bond acceptors (Lipinski definition) is 3. The fourth-order valence-corrected chi connectivity index (χ4v) is 0.0215. The van der Waals surface area contributed by atoms with Crippen molar-refractivity contribution in [3.8, 4) is 0 Å². The number of nitrogens with one attached hydrogen (secondary N) is 1. The number of rotatable bonds is 2. The molecule has 0 radical (unpaired) electrons. The standard InChI is InChI=1S/CH3NO3/c3-1-2-5-4/h1,4H,(H,2,3). The molecule has 5 heavy (non-hydrogen) atoms. The van der Waals surface area contributed by atoms with Gasteiger partial charge in [-0.15, -0.1) is 4.99 Å². The molecule has 0 heterocycles. The Hall–Kier alpha value is -0.610. The molecule has 4 nitrogen and oxygen atoms in total. The molecule has 2 N–H and O–H groups in total. The first-order chi connectivity index (χ1) is 2.41. The van der Waals surface area contributed by atoms with Gasteiger partial charge >= 0.3 is 0 Å². The summed E-state index contributed by atoms with van der Waals surface area (Å²) in [7, 11) is 0. The third kappa shape index (κ3) is 3.39. The first-order valence-electron chi connectivity index (χ1n) is 0.911. The fraction of sp³-hybridized carbons (Fsp3) is 0. The van der Waals surface area contributed by atoms with Crippen LogP contribution in [0.1, 0.15) is 0 Å². The Balaban J connectivity index is 2.40.